The van der Waals surface area contributed by atoms with Crippen LogP contribution in [0.25, 0.3) is 0 Å². The van der Waals surface area contributed by atoms with E-state index in [-0.39, 0.29) is 5.91 Å². The Labute approximate surface area is 125 Å². The topological polar surface area (TPSA) is 41.1 Å². The maximum absolute atomic E-state index is 11.0. The summed E-state index contributed by atoms with van der Waals surface area (Å²) >= 11 is 0. The zero-order valence-corrected chi connectivity index (χ0v) is 12.2. The third-order valence-corrected chi connectivity index (χ3v) is 3.70. The highest BCUT2D eigenvalue weighted by molar-refractivity contribution is 5.88. The number of carbonyl (C=O) groups is 1. The van der Waals surface area contributed by atoms with Crippen molar-refractivity contribution in [3.63, 3.8) is 0 Å². The van der Waals surface area contributed by atoms with Crippen LogP contribution in [-0.2, 0) is 11.3 Å². The summed E-state index contributed by atoms with van der Waals surface area (Å²) in [7, 11) is 0. The van der Waals surface area contributed by atoms with Crippen LogP contribution in [0, 0.1) is 0 Å². The van der Waals surface area contributed by atoms with Gasteiger partial charge in [-0.3, -0.25) is 4.79 Å². The van der Waals surface area contributed by atoms with E-state index >= 15 is 0 Å². The van der Waals surface area contributed by atoms with Crippen molar-refractivity contribution in [1.82, 2.24) is 0 Å². The molecule has 108 valence electrons. The molecule has 0 unspecified atom stereocenters. The molecule has 0 spiro atoms. The number of amides is 1. The molecule has 2 aromatic rings. The molecule has 1 aliphatic carbocycles. The quantitative estimate of drug-likeness (QED) is 0.864. The molecule has 1 aliphatic rings. The van der Waals surface area contributed by atoms with Gasteiger partial charge in [-0.25, -0.2) is 0 Å². The Morgan fingerprint density at radius 3 is 2.48 bits per heavy atom. The van der Waals surface area contributed by atoms with E-state index in [4.69, 9.17) is 0 Å². The van der Waals surface area contributed by atoms with E-state index in [1.54, 1.807) is 0 Å². The molecule has 0 radical (unpaired) electrons. The third kappa shape index (κ3) is 3.85. The Hall–Kier alpha value is -2.29. The molecule has 1 amide bonds. The fourth-order valence-corrected chi connectivity index (χ4v) is 2.45. The SMILES string of the molecule is CC(=O)Nc1ccc(NCc2cccc(C3CC3)c2)cc1. The monoisotopic (exact) mass is 280 g/mol. The largest absolute Gasteiger partial charge is 0.381 e. The highest BCUT2D eigenvalue weighted by Gasteiger charge is 2.23. The molecule has 3 nitrogen and oxygen atoms in total. The molecule has 1 saturated carbocycles. The number of hydrogen-bond acceptors (Lipinski definition) is 2. The molecule has 0 heterocycles. The number of anilines is 2. The first-order chi connectivity index (χ1) is 10.2. The Morgan fingerprint density at radius 1 is 1.10 bits per heavy atom. The minimum atomic E-state index is -0.0485. The van der Waals surface area contributed by atoms with Gasteiger partial charge in [0.15, 0.2) is 0 Å². The van der Waals surface area contributed by atoms with Gasteiger partial charge >= 0.3 is 0 Å². The van der Waals surface area contributed by atoms with Gasteiger partial charge in [0.25, 0.3) is 0 Å². The molecule has 0 bridgehead atoms. The Balaban J connectivity index is 1.59. The third-order valence-electron chi connectivity index (χ3n) is 3.70. The van der Waals surface area contributed by atoms with Crippen molar-refractivity contribution in [2.24, 2.45) is 0 Å². The summed E-state index contributed by atoms with van der Waals surface area (Å²) in [4.78, 5) is 11.0. The number of nitrogens with one attached hydrogen (secondary N) is 2. The van der Waals surface area contributed by atoms with E-state index in [0.717, 1.165) is 23.8 Å². The summed E-state index contributed by atoms with van der Waals surface area (Å²) in [5.41, 5.74) is 4.66. The summed E-state index contributed by atoms with van der Waals surface area (Å²) in [6.45, 7) is 2.33. The second-order valence-electron chi connectivity index (χ2n) is 5.63. The molecule has 2 N–H and O–H groups in total. The molecule has 0 saturated heterocycles. The van der Waals surface area contributed by atoms with E-state index in [0.29, 0.717) is 0 Å². The van der Waals surface area contributed by atoms with Crippen LogP contribution in [0.15, 0.2) is 48.5 Å². The molecule has 0 aliphatic heterocycles. The fraction of sp³-hybridized carbons (Fsp3) is 0.278. The van der Waals surface area contributed by atoms with Gasteiger partial charge in [-0.2, -0.15) is 0 Å². The van der Waals surface area contributed by atoms with Gasteiger partial charge < -0.3 is 10.6 Å². The minimum absolute atomic E-state index is 0.0485. The molecule has 3 rings (SSSR count). The van der Waals surface area contributed by atoms with Crippen LogP contribution in [0.1, 0.15) is 36.8 Å². The van der Waals surface area contributed by atoms with Gasteiger partial charge in [-0.15, -0.1) is 0 Å². The number of carbonyl (C=O) groups excluding carboxylic acids is 1. The average Bonchev–Trinajstić information content (AvgIpc) is 3.31. The van der Waals surface area contributed by atoms with E-state index in [1.165, 1.54) is 30.9 Å². The first kappa shape index (κ1) is 13.7. The Kier molecular flexibility index (Phi) is 3.91. The smallest absolute Gasteiger partial charge is 0.221 e. The molecular formula is C18H20N2O. The number of rotatable bonds is 5. The van der Waals surface area contributed by atoms with Crippen molar-refractivity contribution >= 4 is 17.3 Å². The summed E-state index contributed by atoms with van der Waals surface area (Å²) in [6.07, 6.45) is 2.67. The van der Waals surface area contributed by atoms with Gasteiger partial charge in [-0.05, 0) is 54.2 Å². The molecular weight excluding hydrogens is 260 g/mol. The van der Waals surface area contributed by atoms with E-state index in [9.17, 15) is 4.79 Å². The van der Waals surface area contributed by atoms with Crippen LogP contribution in [0.4, 0.5) is 11.4 Å². The highest BCUT2D eigenvalue weighted by atomic mass is 16.1. The average molecular weight is 280 g/mol. The lowest BCUT2D eigenvalue weighted by Gasteiger charge is -2.09. The molecule has 21 heavy (non-hydrogen) atoms. The van der Waals surface area contributed by atoms with Crippen LogP contribution < -0.4 is 10.6 Å². The van der Waals surface area contributed by atoms with Gasteiger partial charge in [0, 0.05) is 24.8 Å². The van der Waals surface area contributed by atoms with Crippen molar-refractivity contribution in [2.45, 2.75) is 32.2 Å². The lowest BCUT2D eigenvalue weighted by atomic mass is 10.1. The number of hydrogen-bond donors (Lipinski definition) is 2. The second-order valence-corrected chi connectivity index (χ2v) is 5.63. The summed E-state index contributed by atoms with van der Waals surface area (Å²) < 4.78 is 0. The van der Waals surface area contributed by atoms with Crippen LogP contribution in [0.3, 0.4) is 0 Å². The molecule has 0 aromatic heterocycles. The van der Waals surface area contributed by atoms with E-state index < -0.39 is 0 Å². The molecule has 2 aromatic carbocycles. The standard InChI is InChI=1S/C18H20N2O/c1-13(21)20-18-9-7-17(8-10-18)19-12-14-3-2-4-16(11-14)15-5-6-15/h2-4,7-11,15,19H,5-6,12H2,1H3,(H,20,21). The van der Waals surface area contributed by atoms with Crippen molar-refractivity contribution in [2.75, 3.05) is 10.6 Å². The first-order valence-electron chi connectivity index (χ1n) is 7.41. The normalized spacial score (nSPS) is 13.8. The predicted octanol–water partition coefficient (Wildman–Crippen LogP) is 4.13. The van der Waals surface area contributed by atoms with Crippen molar-refractivity contribution in [1.29, 1.82) is 0 Å². The Bertz CT molecular complexity index is 630. The summed E-state index contributed by atoms with van der Waals surface area (Å²) in [5, 5.41) is 6.18. The Morgan fingerprint density at radius 2 is 1.81 bits per heavy atom. The fourth-order valence-electron chi connectivity index (χ4n) is 2.45. The summed E-state index contributed by atoms with van der Waals surface area (Å²) in [6, 6.07) is 16.6. The van der Waals surface area contributed by atoms with Crippen LogP contribution in [0.2, 0.25) is 0 Å². The summed E-state index contributed by atoms with van der Waals surface area (Å²) in [5.74, 6) is 0.745. The van der Waals surface area contributed by atoms with Crippen molar-refractivity contribution in [3.05, 3.63) is 59.7 Å². The highest BCUT2D eigenvalue weighted by Crippen LogP contribution is 2.40. The zero-order chi connectivity index (χ0) is 14.7. The lowest BCUT2D eigenvalue weighted by molar-refractivity contribution is -0.114. The first-order valence-corrected chi connectivity index (χ1v) is 7.41. The predicted molar refractivity (Wildman–Crippen MR) is 86.5 cm³/mol. The maximum atomic E-state index is 11.0. The minimum Gasteiger partial charge on any atom is -0.381 e. The van der Waals surface area contributed by atoms with Gasteiger partial charge in [0.1, 0.15) is 0 Å². The number of benzene rings is 2. The van der Waals surface area contributed by atoms with Crippen molar-refractivity contribution in [3.8, 4) is 0 Å². The zero-order valence-electron chi connectivity index (χ0n) is 12.2. The van der Waals surface area contributed by atoms with Crippen LogP contribution >= 0.6 is 0 Å². The van der Waals surface area contributed by atoms with Gasteiger partial charge in [0.2, 0.25) is 5.91 Å². The van der Waals surface area contributed by atoms with Crippen LogP contribution in [0.5, 0.6) is 0 Å². The second kappa shape index (κ2) is 6.00. The van der Waals surface area contributed by atoms with E-state index in [1.807, 2.05) is 24.3 Å². The van der Waals surface area contributed by atoms with Gasteiger partial charge in [-0.1, -0.05) is 24.3 Å². The van der Waals surface area contributed by atoms with E-state index in [2.05, 4.69) is 34.9 Å². The van der Waals surface area contributed by atoms with Crippen LogP contribution in [-0.4, -0.2) is 5.91 Å². The van der Waals surface area contributed by atoms with Gasteiger partial charge in [0.05, 0.1) is 0 Å². The van der Waals surface area contributed by atoms with Crippen molar-refractivity contribution < 1.29 is 4.79 Å². The molecule has 3 heteroatoms. The lowest BCUT2D eigenvalue weighted by Crippen LogP contribution is -2.05. The molecule has 0 atom stereocenters. The maximum Gasteiger partial charge on any atom is 0.221 e. The molecule has 1 fully saturated rings.